The fourth-order valence-electron chi connectivity index (χ4n) is 0.516. The Morgan fingerprint density at radius 1 is 1.64 bits per heavy atom. The molecule has 0 saturated heterocycles. The van der Waals surface area contributed by atoms with E-state index in [4.69, 9.17) is 10.6 Å². The largest absolute Gasteiger partial charge is 0.481 e. The molecule has 66 valence electrons. The molecule has 0 aromatic carbocycles. The molecule has 0 amide bonds. The molecule has 4 heteroatoms. The fourth-order valence-corrected chi connectivity index (χ4v) is 0.516. The van der Waals surface area contributed by atoms with Crippen LogP contribution in [-0.4, -0.2) is 54.4 Å². The van der Waals surface area contributed by atoms with Crippen molar-refractivity contribution in [1.29, 1.82) is 0 Å². The topological polar surface area (TPSA) is 57.5 Å². The molecule has 1 atom stereocenters. The van der Waals surface area contributed by atoms with Crippen LogP contribution in [0, 0.1) is 0 Å². The second kappa shape index (κ2) is 3.69. The number of carboxylic acid groups (broad SMARTS) is 1. The van der Waals surface area contributed by atoms with E-state index in [0.29, 0.717) is 0 Å². The first-order valence-corrected chi connectivity index (χ1v) is 3.08. The highest BCUT2D eigenvalue weighted by Crippen LogP contribution is 1.98. The van der Waals surface area contributed by atoms with Gasteiger partial charge < -0.3 is 14.7 Å². The summed E-state index contributed by atoms with van der Waals surface area (Å²) in [7, 11) is 4.21. The molecule has 0 fully saturated rings. The fraction of sp³-hybridized carbons (Fsp3) is 0.857. The predicted molar refractivity (Wildman–Crippen MR) is 41.2 cm³/mol. The molecule has 0 aliphatic heterocycles. The van der Waals surface area contributed by atoms with Crippen molar-refractivity contribution >= 4 is 5.97 Å². The van der Waals surface area contributed by atoms with Crippen molar-refractivity contribution in [3.63, 3.8) is 0 Å². The van der Waals surface area contributed by atoms with Gasteiger partial charge in [0.05, 0.1) is 30.3 Å². The molecule has 4 nitrogen and oxygen atoms in total. The second-order valence-corrected chi connectivity index (χ2v) is 2.99. The zero-order valence-corrected chi connectivity index (χ0v) is 6.83. The molecular weight excluding hydrogens is 146 g/mol. The maximum atomic E-state index is 10.5. The van der Waals surface area contributed by atoms with Crippen LogP contribution < -0.4 is 0 Å². The summed E-state index contributed by atoms with van der Waals surface area (Å²) in [5, 5.41) is 18.0. The Balaban J connectivity index is 5.18. The smallest absolute Gasteiger partial charge is 0.306 e. The molecule has 0 saturated carbocycles. The van der Waals surface area contributed by atoms with Gasteiger partial charge in [0, 0.05) is 2.74 Å². The Morgan fingerprint density at radius 3 is 2.36 bits per heavy atom. The van der Waals surface area contributed by atoms with Gasteiger partial charge in [0.15, 0.2) is 0 Å². The molecule has 0 heterocycles. The lowest BCUT2D eigenvalue weighted by Crippen LogP contribution is -2.42. The van der Waals surface area contributed by atoms with Crippen LogP contribution in [-0.2, 0) is 4.79 Å². The van der Waals surface area contributed by atoms with E-state index in [-0.39, 0.29) is 0 Å². The summed E-state index contributed by atoms with van der Waals surface area (Å²) in [6.45, 7) is -2.40. The summed E-state index contributed by atoms with van der Waals surface area (Å²) >= 11 is 0. The summed E-state index contributed by atoms with van der Waals surface area (Å²) in [5.74, 6) is -1.88. The van der Waals surface area contributed by atoms with Crippen molar-refractivity contribution in [2.75, 3.05) is 27.6 Å². The minimum absolute atomic E-state index is 0.402. The summed E-state index contributed by atoms with van der Waals surface area (Å²) in [4.78, 5) is 10.5. The number of hydrogen-bond donors (Lipinski definition) is 2. The SMILES string of the molecule is [2H]C([2H])(C(=O)O)[C@@H](O)C([2H])([2H])[N+](C)(C)C. The van der Waals surface area contributed by atoms with E-state index in [0.717, 1.165) is 0 Å². The van der Waals surface area contributed by atoms with E-state index < -0.39 is 29.4 Å². The minimum atomic E-state index is -3.02. The number of aliphatic hydroxyl groups excluding tert-OH is 1. The van der Waals surface area contributed by atoms with Crippen LogP contribution in [0.1, 0.15) is 11.9 Å². The van der Waals surface area contributed by atoms with Crippen molar-refractivity contribution in [3.05, 3.63) is 0 Å². The number of quaternary nitrogens is 1. The molecule has 0 aliphatic carbocycles. The van der Waals surface area contributed by atoms with Gasteiger partial charge in [-0.3, -0.25) is 4.79 Å². The van der Waals surface area contributed by atoms with Crippen molar-refractivity contribution in [2.24, 2.45) is 0 Å². The molecule has 0 aromatic heterocycles. The van der Waals surface area contributed by atoms with Gasteiger partial charge in [-0.25, -0.2) is 0 Å². The van der Waals surface area contributed by atoms with Crippen molar-refractivity contribution in [2.45, 2.75) is 12.5 Å². The van der Waals surface area contributed by atoms with E-state index >= 15 is 0 Å². The van der Waals surface area contributed by atoms with Crippen LogP contribution in [0.15, 0.2) is 0 Å². The summed E-state index contributed by atoms with van der Waals surface area (Å²) in [6, 6.07) is 0. The predicted octanol–water partition coefficient (Wildman–Crippen LogP) is -0.472. The monoisotopic (exact) mass is 166 g/mol. The van der Waals surface area contributed by atoms with Gasteiger partial charge in [0.2, 0.25) is 0 Å². The Kier molecular flexibility index (Phi) is 1.71. The number of nitrogens with zero attached hydrogens (tertiary/aromatic N) is 1. The maximum Gasteiger partial charge on any atom is 0.306 e. The van der Waals surface area contributed by atoms with Crippen LogP contribution in [0.3, 0.4) is 0 Å². The number of carbonyl (C=O) groups is 1. The van der Waals surface area contributed by atoms with Crippen LogP contribution in [0.5, 0.6) is 0 Å². The Bertz CT molecular complexity index is 261. The summed E-state index contributed by atoms with van der Waals surface area (Å²) in [6.07, 6.45) is -5.27. The quantitative estimate of drug-likeness (QED) is 0.555. The third-order valence-corrected chi connectivity index (χ3v) is 0.770. The van der Waals surface area contributed by atoms with Crippen LogP contribution in [0.25, 0.3) is 0 Å². The lowest BCUT2D eigenvalue weighted by atomic mass is 10.2. The lowest BCUT2D eigenvalue weighted by molar-refractivity contribution is -0.873. The average molecular weight is 166 g/mol. The van der Waals surface area contributed by atoms with E-state index in [2.05, 4.69) is 0 Å². The molecule has 0 aliphatic rings. The minimum Gasteiger partial charge on any atom is -0.481 e. The van der Waals surface area contributed by atoms with Gasteiger partial charge >= 0.3 is 5.97 Å². The molecule has 0 rings (SSSR count). The van der Waals surface area contributed by atoms with E-state index in [1.165, 1.54) is 21.1 Å². The Labute approximate surface area is 72.3 Å². The summed E-state index contributed by atoms with van der Waals surface area (Å²) < 4.78 is 28.8. The van der Waals surface area contributed by atoms with Gasteiger partial charge in [-0.2, -0.15) is 0 Å². The van der Waals surface area contributed by atoms with Crippen molar-refractivity contribution < 1.29 is 25.0 Å². The molecule has 0 bridgehead atoms. The van der Waals surface area contributed by atoms with Gasteiger partial charge in [-0.05, 0) is 0 Å². The maximum absolute atomic E-state index is 10.5. The number of likely N-dealkylation sites (N-methyl/N-ethyl adjacent to an activating group) is 1. The third kappa shape index (κ3) is 7.29. The van der Waals surface area contributed by atoms with E-state index in [9.17, 15) is 9.90 Å². The lowest BCUT2D eigenvalue weighted by Gasteiger charge is -2.25. The molecule has 0 unspecified atom stereocenters. The molecule has 0 aromatic rings. The van der Waals surface area contributed by atoms with E-state index in [1.807, 2.05) is 0 Å². The first kappa shape index (κ1) is 5.11. The molecular formula is C7H16NO3+. The molecule has 0 radical (unpaired) electrons. The Morgan fingerprint density at radius 2 is 2.09 bits per heavy atom. The number of aliphatic hydroxyl groups is 1. The van der Waals surface area contributed by atoms with Crippen molar-refractivity contribution in [1.82, 2.24) is 0 Å². The normalized spacial score (nSPS) is 22.5. The number of hydrogen-bond acceptors (Lipinski definition) is 2. The number of rotatable bonds is 4. The van der Waals surface area contributed by atoms with E-state index in [1.54, 1.807) is 0 Å². The zero-order valence-electron chi connectivity index (χ0n) is 10.8. The first-order chi connectivity index (χ1) is 6.35. The second-order valence-electron chi connectivity index (χ2n) is 2.99. The number of carboxylic acids is 1. The highest BCUT2D eigenvalue weighted by Gasteiger charge is 2.17. The van der Waals surface area contributed by atoms with Gasteiger partial charge in [-0.15, -0.1) is 0 Å². The van der Waals surface area contributed by atoms with Crippen LogP contribution in [0.4, 0.5) is 0 Å². The standard InChI is InChI=1S/C7H15NO3/c1-8(2,3)5-6(9)4-7(10)11/h6,9H,4-5H2,1-3H3/p+1/t6-/m1/s1/i4D2,5D2. The average Bonchev–Trinajstić information content (AvgIpc) is 2.00. The summed E-state index contributed by atoms with van der Waals surface area (Å²) in [5.41, 5.74) is 0. The highest BCUT2D eigenvalue weighted by atomic mass is 16.4. The van der Waals surface area contributed by atoms with Crippen molar-refractivity contribution in [3.8, 4) is 0 Å². The van der Waals surface area contributed by atoms with Gasteiger partial charge in [0.1, 0.15) is 12.6 Å². The van der Waals surface area contributed by atoms with Gasteiger partial charge in [0.25, 0.3) is 0 Å². The Hall–Kier alpha value is -0.610. The zero-order chi connectivity index (χ0) is 12.7. The third-order valence-electron chi connectivity index (χ3n) is 0.770. The molecule has 11 heavy (non-hydrogen) atoms. The van der Waals surface area contributed by atoms with Crippen LogP contribution >= 0.6 is 0 Å². The molecule has 2 N–H and O–H groups in total. The molecule has 0 spiro atoms. The van der Waals surface area contributed by atoms with Crippen LogP contribution in [0.2, 0.25) is 0 Å². The highest BCUT2D eigenvalue weighted by molar-refractivity contribution is 5.67. The number of aliphatic carboxylic acids is 1. The van der Waals surface area contributed by atoms with Gasteiger partial charge in [-0.1, -0.05) is 0 Å². The first-order valence-electron chi connectivity index (χ1n) is 5.08.